The second kappa shape index (κ2) is 8.33. The predicted molar refractivity (Wildman–Crippen MR) is 94.1 cm³/mol. The van der Waals surface area contributed by atoms with E-state index in [0.717, 1.165) is 38.1 Å². The van der Waals surface area contributed by atoms with Crippen molar-refractivity contribution in [3.8, 4) is 0 Å². The van der Waals surface area contributed by atoms with Gasteiger partial charge in [0.05, 0.1) is 5.60 Å². The molecule has 3 N–H and O–H groups in total. The van der Waals surface area contributed by atoms with Crippen molar-refractivity contribution in [3.05, 3.63) is 24.4 Å². The maximum atomic E-state index is 12.1. The Bertz CT molecular complexity index is 512. The molecule has 2 aliphatic rings. The first-order chi connectivity index (χ1) is 11.8. The molecular formula is C18H28N4O2. The minimum absolute atomic E-state index is 0.0228. The third-order valence-corrected chi connectivity index (χ3v) is 4.97. The maximum Gasteiger partial charge on any atom is 0.315 e. The third-order valence-electron chi connectivity index (χ3n) is 4.97. The molecule has 6 heteroatoms. The fraction of sp³-hybridized carbons (Fsp3) is 0.667. The number of hydrogen-bond donors (Lipinski definition) is 3. The molecule has 1 atom stereocenters. The fourth-order valence-electron chi connectivity index (χ4n) is 3.77. The Morgan fingerprint density at radius 1 is 1.25 bits per heavy atom. The third kappa shape index (κ3) is 4.84. The van der Waals surface area contributed by atoms with E-state index in [1.807, 2.05) is 18.2 Å². The van der Waals surface area contributed by atoms with Gasteiger partial charge in [0.25, 0.3) is 0 Å². The number of rotatable bonds is 5. The van der Waals surface area contributed by atoms with Crippen LogP contribution in [0.15, 0.2) is 24.4 Å². The summed E-state index contributed by atoms with van der Waals surface area (Å²) in [4.78, 5) is 16.3. The van der Waals surface area contributed by atoms with Crippen molar-refractivity contribution in [1.82, 2.24) is 15.6 Å². The Kier molecular flexibility index (Phi) is 5.91. The van der Waals surface area contributed by atoms with Gasteiger partial charge in [0.15, 0.2) is 0 Å². The van der Waals surface area contributed by atoms with Gasteiger partial charge in [0, 0.05) is 31.9 Å². The van der Waals surface area contributed by atoms with Crippen LogP contribution >= 0.6 is 0 Å². The van der Waals surface area contributed by atoms with E-state index >= 15 is 0 Å². The van der Waals surface area contributed by atoms with Crippen LogP contribution in [0.5, 0.6) is 0 Å². The summed E-state index contributed by atoms with van der Waals surface area (Å²) in [5.74, 6) is 0.823. The molecule has 1 aromatic heterocycles. The van der Waals surface area contributed by atoms with Gasteiger partial charge in [-0.2, -0.15) is 0 Å². The molecule has 132 valence electrons. The highest BCUT2D eigenvalue weighted by Gasteiger charge is 2.38. The van der Waals surface area contributed by atoms with E-state index in [1.165, 1.54) is 19.3 Å². The van der Waals surface area contributed by atoms with Crippen LogP contribution in [0.4, 0.5) is 10.6 Å². The molecule has 1 unspecified atom stereocenters. The number of amides is 2. The Morgan fingerprint density at radius 3 is 2.92 bits per heavy atom. The van der Waals surface area contributed by atoms with Gasteiger partial charge in [0.2, 0.25) is 0 Å². The Balaban J connectivity index is 1.35. The van der Waals surface area contributed by atoms with Crippen LogP contribution in [-0.4, -0.2) is 42.4 Å². The van der Waals surface area contributed by atoms with Crippen LogP contribution in [0.25, 0.3) is 0 Å². The number of urea groups is 1. The normalized spacial score (nSPS) is 22.8. The van der Waals surface area contributed by atoms with E-state index in [2.05, 4.69) is 20.9 Å². The van der Waals surface area contributed by atoms with Crippen molar-refractivity contribution >= 4 is 11.8 Å². The van der Waals surface area contributed by atoms with Gasteiger partial charge in [-0.05, 0) is 37.8 Å². The van der Waals surface area contributed by atoms with Crippen molar-refractivity contribution in [2.45, 2.75) is 56.6 Å². The first-order valence-electron chi connectivity index (χ1n) is 9.09. The number of aromatic nitrogens is 1. The van der Waals surface area contributed by atoms with Crippen LogP contribution in [0.1, 0.15) is 44.9 Å². The zero-order chi connectivity index (χ0) is 16.7. The molecule has 0 bridgehead atoms. The molecule has 0 radical (unpaired) electrons. The van der Waals surface area contributed by atoms with Crippen LogP contribution in [0, 0.1) is 0 Å². The lowest BCUT2D eigenvalue weighted by Gasteiger charge is -2.43. The largest absolute Gasteiger partial charge is 0.375 e. The minimum Gasteiger partial charge on any atom is -0.375 e. The van der Waals surface area contributed by atoms with Crippen LogP contribution < -0.4 is 16.0 Å². The number of hydrogen-bond acceptors (Lipinski definition) is 4. The molecule has 1 saturated heterocycles. The van der Waals surface area contributed by atoms with Gasteiger partial charge in [-0.25, -0.2) is 9.78 Å². The van der Waals surface area contributed by atoms with Gasteiger partial charge in [-0.15, -0.1) is 0 Å². The first-order valence-corrected chi connectivity index (χ1v) is 9.09. The zero-order valence-corrected chi connectivity index (χ0v) is 14.2. The summed E-state index contributed by atoms with van der Waals surface area (Å²) in [6.07, 6.45) is 9.69. The van der Waals surface area contributed by atoms with Gasteiger partial charge in [0.1, 0.15) is 5.82 Å². The highest BCUT2D eigenvalue weighted by molar-refractivity contribution is 5.74. The molecule has 0 aromatic carbocycles. The van der Waals surface area contributed by atoms with Crippen molar-refractivity contribution in [2.75, 3.05) is 25.0 Å². The van der Waals surface area contributed by atoms with Crippen molar-refractivity contribution < 1.29 is 9.53 Å². The standard InChI is InChI=1S/C18H28N4O2/c23-17(21-12-11-20-16-6-2-5-10-19-16)22-15-7-13-24-18(14-15)8-3-1-4-9-18/h2,5-6,10,15H,1,3-4,7-9,11-14H2,(H,19,20)(H2,21,22,23). The second-order valence-electron chi connectivity index (χ2n) is 6.82. The van der Waals surface area contributed by atoms with Crippen molar-refractivity contribution in [3.63, 3.8) is 0 Å². The molecule has 1 aliphatic heterocycles. The van der Waals surface area contributed by atoms with Gasteiger partial charge in [-0.3, -0.25) is 0 Å². The number of anilines is 1. The summed E-state index contributed by atoms with van der Waals surface area (Å²) in [5.41, 5.74) is 0.0228. The number of carbonyl (C=O) groups excluding carboxylic acids is 1. The van der Waals surface area contributed by atoms with E-state index in [-0.39, 0.29) is 17.7 Å². The molecular weight excluding hydrogens is 304 g/mol. The highest BCUT2D eigenvalue weighted by Crippen LogP contribution is 2.38. The van der Waals surface area contributed by atoms with Crippen LogP contribution in [0.3, 0.4) is 0 Å². The predicted octanol–water partition coefficient (Wildman–Crippen LogP) is 2.67. The molecule has 2 fully saturated rings. The number of nitrogens with zero attached hydrogens (tertiary/aromatic N) is 1. The summed E-state index contributed by atoms with van der Waals surface area (Å²) in [5, 5.41) is 9.20. The minimum atomic E-state index is -0.0873. The molecule has 3 rings (SSSR count). The molecule has 1 aliphatic carbocycles. The Labute approximate surface area is 143 Å². The molecule has 24 heavy (non-hydrogen) atoms. The van der Waals surface area contributed by atoms with Crippen molar-refractivity contribution in [2.24, 2.45) is 0 Å². The lowest BCUT2D eigenvalue weighted by molar-refractivity contribution is -0.107. The summed E-state index contributed by atoms with van der Waals surface area (Å²) in [7, 11) is 0. The second-order valence-corrected chi connectivity index (χ2v) is 6.82. The lowest BCUT2D eigenvalue weighted by Crippen LogP contribution is -2.51. The van der Waals surface area contributed by atoms with Crippen LogP contribution in [-0.2, 0) is 4.74 Å². The Hall–Kier alpha value is -1.82. The number of ether oxygens (including phenoxy) is 1. The first kappa shape index (κ1) is 17.0. The SMILES string of the molecule is O=C(NCCNc1ccccn1)NC1CCOC2(CCCCC2)C1. The number of carbonyl (C=O) groups is 1. The average molecular weight is 332 g/mol. The Morgan fingerprint density at radius 2 is 2.12 bits per heavy atom. The van der Waals surface area contributed by atoms with E-state index in [1.54, 1.807) is 6.20 Å². The smallest absolute Gasteiger partial charge is 0.315 e. The molecule has 1 aromatic rings. The monoisotopic (exact) mass is 332 g/mol. The highest BCUT2D eigenvalue weighted by atomic mass is 16.5. The number of pyridine rings is 1. The molecule has 1 spiro atoms. The summed E-state index contributed by atoms with van der Waals surface area (Å²) < 4.78 is 6.08. The molecule has 6 nitrogen and oxygen atoms in total. The van der Waals surface area contributed by atoms with E-state index in [4.69, 9.17) is 4.74 Å². The maximum absolute atomic E-state index is 12.1. The summed E-state index contributed by atoms with van der Waals surface area (Å²) >= 11 is 0. The molecule has 2 heterocycles. The molecule has 2 amide bonds. The van der Waals surface area contributed by atoms with E-state index < -0.39 is 0 Å². The zero-order valence-electron chi connectivity index (χ0n) is 14.2. The van der Waals surface area contributed by atoms with Crippen molar-refractivity contribution in [1.29, 1.82) is 0 Å². The lowest BCUT2D eigenvalue weighted by atomic mass is 9.78. The van der Waals surface area contributed by atoms with E-state index in [9.17, 15) is 4.79 Å². The average Bonchev–Trinajstić information content (AvgIpc) is 2.60. The summed E-state index contributed by atoms with van der Waals surface area (Å²) in [6, 6.07) is 5.85. The van der Waals surface area contributed by atoms with Gasteiger partial charge in [-0.1, -0.05) is 25.3 Å². The van der Waals surface area contributed by atoms with Crippen LogP contribution in [0.2, 0.25) is 0 Å². The van der Waals surface area contributed by atoms with Gasteiger partial charge < -0.3 is 20.7 Å². The molecule has 1 saturated carbocycles. The summed E-state index contributed by atoms with van der Waals surface area (Å²) in [6.45, 7) is 1.98. The quantitative estimate of drug-likeness (QED) is 0.725. The fourth-order valence-corrected chi connectivity index (χ4v) is 3.77. The topological polar surface area (TPSA) is 75.3 Å². The number of nitrogens with one attached hydrogen (secondary N) is 3. The van der Waals surface area contributed by atoms with Gasteiger partial charge >= 0.3 is 6.03 Å². The van der Waals surface area contributed by atoms with E-state index in [0.29, 0.717) is 13.1 Å².